The van der Waals surface area contributed by atoms with Crippen molar-refractivity contribution < 1.29 is 9.53 Å². The lowest BCUT2D eigenvalue weighted by Crippen LogP contribution is -2.36. The number of nitrogens with zero attached hydrogens (tertiary/aromatic N) is 3. The van der Waals surface area contributed by atoms with E-state index in [1.54, 1.807) is 0 Å². The van der Waals surface area contributed by atoms with Crippen molar-refractivity contribution in [3.63, 3.8) is 0 Å². The molecule has 0 aliphatic carbocycles. The van der Waals surface area contributed by atoms with Crippen LogP contribution in [0.4, 0.5) is 17.1 Å². The number of amides is 1. The highest BCUT2D eigenvalue weighted by molar-refractivity contribution is 6.08. The molecule has 2 aromatic rings. The molecule has 1 saturated heterocycles. The average molecular weight is 351 g/mol. The van der Waals surface area contributed by atoms with Crippen LogP contribution in [0.2, 0.25) is 0 Å². The van der Waals surface area contributed by atoms with E-state index in [-0.39, 0.29) is 5.91 Å². The van der Waals surface area contributed by atoms with Crippen LogP contribution in [0, 0.1) is 0 Å². The van der Waals surface area contributed by atoms with E-state index >= 15 is 0 Å². The Hall–Kier alpha value is -2.53. The summed E-state index contributed by atoms with van der Waals surface area (Å²) in [5.41, 5.74) is 4.00. The molecule has 5 heteroatoms. The minimum Gasteiger partial charge on any atom is -0.378 e. The van der Waals surface area contributed by atoms with Gasteiger partial charge in [-0.2, -0.15) is 0 Å². The summed E-state index contributed by atoms with van der Waals surface area (Å²) in [4.78, 5) is 19.6. The Bertz CT molecular complexity index is 769. The van der Waals surface area contributed by atoms with Gasteiger partial charge in [0, 0.05) is 44.5 Å². The summed E-state index contributed by atoms with van der Waals surface area (Å²) in [7, 11) is 2.09. The van der Waals surface area contributed by atoms with Crippen molar-refractivity contribution in [2.75, 3.05) is 61.1 Å². The summed E-state index contributed by atoms with van der Waals surface area (Å²) in [6.07, 6.45) is 0.961. The Morgan fingerprint density at radius 3 is 2.31 bits per heavy atom. The summed E-state index contributed by atoms with van der Waals surface area (Å²) < 4.78 is 5.41. The first-order chi connectivity index (χ1) is 12.7. The molecule has 1 fully saturated rings. The van der Waals surface area contributed by atoms with Crippen molar-refractivity contribution in [2.24, 2.45) is 0 Å². The van der Waals surface area contributed by atoms with E-state index in [0.29, 0.717) is 0 Å². The van der Waals surface area contributed by atoms with Crippen LogP contribution in [0.5, 0.6) is 0 Å². The van der Waals surface area contributed by atoms with Gasteiger partial charge in [-0.1, -0.05) is 12.1 Å². The molecule has 0 bridgehead atoms. The highest BCUT2D eigenvalue weighted by Crippen LogP contribution is 2.32. The summed E-state index contributed by atoms with van der Waals surface area (Å²) in [6, 6.07) is 16.2. The zero-order chi connectivity index (χ0) is 17.9. The maximum atomic E-state index is 13.2. The number of fused-ring (bicyclic) bond motifs is 1. The predicted molar refractivity (Wildman–Crippen MR) is 105 cm³/mol. The lowest BCUT2D eigenvalue weighted by molar-refractivity contribution is 0.0987. The number of hydrogen-bond acceptors (Lipinski definition) is 4. The quantitative estimate of drug-likeness (QED) is 0.833. The molecule has 1 amide bonds. The van der Waals surface area contributed by atoms with E-state index in [4.69, 9.17) is 4.74 Å². The topological polar surface area (TPSA) is 36.0 Å². The molecule has 0 atom stereocenters. The molecule has 2 aromatic carbocycles. The summed E-state index contributed by atoms with van der Waals surface area (Å²) in [5, 5.41) is 0. The van der Waals surface area contributed by atoms with Crippen LogP contribution in [0.1, 0.15) is 16.8 Å². The first kappa shape index (κ1) is 16.9. The Balaban J connectivity index is 1.58. The van der Waals surface area contributed by atoms with Crippen molar-refractivity contribution >= 4 is 23.0 Å². The van der Waals surface area contributed by atoms with Crippen molar-refractivity contribution in [1.82, 2.24) is 0 Å². The van der Waals surface area contributed by atoms with Crippen molar-refractivity contribution in [1.29, 1.82) is 0 Å². The Morgan fingerprint density at radius 1 is 0.885 bits per heavy atom. The molecule has 0 unspecified atom stereocenters. The predicted octanol–water partition coefficient (Wildman–Crippen LogP) is 3.01. The summed E-state index contributed by atoms with van der Waals surface area (Å²) in [6.45, 7) is 5.03. The molecule has 0 N–H and O–H groups in total. The fourth-order valence-electron chi connectivity index (χ4n) is 3.73. The van der Waals surface area contributed by atoms with E-state index in [9.17, 15) is 4.79 Å². The molecule has 136 valence electrons. The van der Waals surface area contributed by atoms with Crippen molar-refractivity contribution in [3.05, 3.63) is 54.1 Å². The normalized spacial score (nSPS) is 17.7. The third-order valence-electron chi connectivity index (χ3n) is 5.19. The van der Waals surface area contributed by atoms with E-state index in [1.165, 1.54) is 0 Å². The van der Waals surface area contributed by atoms with Gasteiger partial charge in [0.25, 0.3) is 5.91 Å². The van der Waals surface area contributed by atoms with Gasteiger partial charge in [0.05, 0.1) is 24.6 Å². The van der Waals surface area contributed by atoms with Gasteiger partial charge in [0.15, 0.2) is 0 Å². The highest BCUT2D eigenvalue weighted by atomic mass is 16.5. The third-order valence-corrected chi connectivity index (χ3v) is 5.19. The number of hydrogen-bond donors (Lipinski definition) is 0. The number of benzene rings is 2. The Kier molecular flexibility index (Phi) is 4.80. The van der Waals surface area contributed by atoms with E-state index in [1.807, 2.05) is 35.2 Å². The van der Waals surface area contributed by atoms with E-state index < -0.39 is 0 Å². The molecule has 4 rings (SSSR count). The van der Waals surface area contributed by atoms with Crippen LogP contribution >= 0.6 is 0 Å². The Morgan fingerprint density at radius 2 is 1.58 bits per heavy atom. The van der Waals surface area contributed by atoms with Gasteiger partial charge in [-0.25, -0.2) is 0 Å². The molecule has 0 saturated carbocycles. The lowest BCUT2D eigenvalue weighted by Gasteiger charge is -2.29. The van der Waals surface area contributed by atoms with Crippen LogP contribution in [0.15, 0.2) is 48.5 Å². The fourth-order valence-corrected chi connectivity index (χ4v) is 3.73. The number of morpholine rings is 1. The molecule has 5 nitrogen and oxygen atoms in total. The second-order valence-electron chi connectivity index (χ2n) is 6.87. The monoisotopic (exact) mass is 351 g/mol. The van der Waals surface area contributed by atoms with Crippen LogP contribution in [0.25, 0.3) is 0 Å². The number of para-hydroxylation sites is 2. The van der Waals surface area contributed by atoms with Gasteiger partial charge in [-0.05, 0) is 42.8 Å². The van der Waals surface area contributed by atoms with E-state index in [0.717, 1.165) is 68.4 Å². The summed E-state index contributed by atoms with van der Waals surface area (Å²) in [5.74, 6) is 0.0706. The second-order valence-corrected chi connectivity index (χ2v) is 6.87. The maximum absolute atomic E-state index is 13.2. The maximum Gasteiger partial charge on any atom is 0.258 e. The second kappa shape index (κ2) is 7.38. The molecule has 0 radical (unpaired) electrons. The average Bonchev–Trinajstić information content (AvgIpc) is 2.87. The van der Waals surface area contributed by atoms with Gasteiger partial charge < -0.3 is 19.4 Å². The molecule has 2 aliphatic heterocycles. The molecule has 2 heterocycles. The van der Waals surface area contributed by atoms with Gasteiger partial charge >= 0.3 is 0 Å². The van der Waals surface area contributed by atoms with Crippen LogP contribution in [0.3, 0.4) is 0 Å². The SMILES string of the molecule is CN1CCCN(C(=O)c2ccc(N3CCOCC3)cc2)c2ccccc21. The smallest absolute Gasteiger partial charge is 0.258 e. The largest absolute Gasteiger partial charge is 0.378 e. The number of carbonyl (C=O) groups is 1. The minimum atomic E-state index is 0.0706. The summed E-state index contributed by atoms with van der Waals surface area (Å²) >= 11 is 0. The van der Waals surface area contributed by atoms with Gasteiger partial charge in [0.1, 0.15) is 0 Å². The number of carbonyl (C=O) groups excluding carboxylic acids is 1. The molecular weight excluding hydrogens is 326 g/mol. The molecule has 0 aromatic heterocycles. The zero-order valence-electron chi connectivity index (χ0n) is 15.2. The first-order valence-electron chi connectivity index (χ1n) is 9.29. The minimum absolute atomic E-state index is 0.0706. The molecule has 26 heavy (non-hydrogen) atoms. The van der Waals surface area contributed by atoms with Crippen LogP contribution < -0.4 is 14.7 Å². The Labute approximate surface area is 154 Å². The van der Waals surface area contributed by atoms with E-state index in [2.05, 4.69) is 35.0 Å². The molecule has 0 spiro atoms. The molecular formula is C21H25N3O2. The van der Waals surface area contributed by atoms with Gasteiger partial charge in [-0.3, -0.25) is 4.79 Å². The zero-order valence-corrected chi connectivity index (χ0v) is 15.2. The van der Waals surface area contributed by atoms with Crippen LogP contribution in [-0.2, 0) is 4.74 Å². The third kappa shape index (κ3) is 3.27. The number of rotatable bonds is 2. The van der Waals surface area contributed by atoms with Gasteiger partial charge in [-0.15, -0.1) is 0 Å². The standard InChI is InChI=1S/C21H25N3O2/c1-22-11-4-12-24(20-6-3-2-5-19(20)22)21(25)17-7-9-18(10-8-17)23-13-15-26-16-14-23/h2-3,5-10H,4,11-16H2,1H3. The highest BCUT2D eigenvalue weighted by Gasteiger charge is 2.24. The lowest BCUT2D eigenvalue weighted by atomic mass is 10.1. The van der Waals surface area contributed by atoms with Crippen molar-refractivity contribution in [3.8, 4) is 0 Å². The number of ether oxygens (including phenoxy) is 1. The first-order valence-corrected chi connectivity index (χ1v) is 9.29. The fraction of sp³-hybridized carbons (Fsp3) is 0.381. The van der Waals surface area contributed by atoms with Crippen LogP contribution in [-0.4, -0.2) is 52.3 Å². The van der Waals surface area contributed by atoms with Crippen molar-refractivity contribution in [2.45, 2.75) is 6.42 Å². The van der Waals surface area contributed by atoms with Gasteiger partial charge in [0.2, 0.25) is 0 Å². The number of anilines is 3. The molecule has 2 aliphatic rings.